The summed E-state index contributed by atoms with van der Waals surface area (Å²) in [6.45, 7) is 5.30. The molecule has 0 aliphatic carbocycles. The van der Waals surface area contributed by atoms with Crippen molar-refractivity contribution < 1.29 is 14.4 Å². The van der Waals surface area contributed by atoms with Crippen molar-refractivity contribution in [3.8, 4) is 0 Å². The van der Waals surface area contributed by atoms with Crippen LogP contribution in [-0.4, -0.2) is 62.8 Å². The molecule has 1 aromatic carbocycles. The summed E-state index contributed by atoms with van der Waals surface area (Å²) in [5.74, 6) is -0.260. The van der Waals surface area contributed by atoms with E-state index in [1.165, 1.54) is 4.90 Å². The number of para-hydroxylation sites is 1. The van der Waals surface area contributed by atoms with Crippen molar-refractivity contribution in [1.29, 1.82) is 0 Å². The molecule has 1 atom stereocenters. The van der Waals surface area contributed by atoms with Gasteiger partial charge in [0.1, 0.15) is 11.2 Å². The van der Waals surface area contributed by atoms with Gasteiger partial charge in [-0.15, -0.1) is 11.3 Å². The fourth-order valence-corrected chi connectivity index (χ4v) is 6.13. The molecule has 9 heteroatoms. The number of hydrogen-bond donors (Lipinski definition) is 1. The van der Waals surface area contributed by atoms with Gasteiger partial charge in [0.25, 0.3) is 11.8 Å². The van der Waals surface area contributed by atoms with Crippen LogP contribution in [0.25, 0.3) is 10.9 Å². The number of likely N-dealkylation sites (tertiary alicyclic amines) is 1. The molecule has 0 bridgehead atoms. The number of piperidine rings is 1. The topological polar surface area (TPSA) is 95.5 Å². The van der Waals surface area contributed by atoms with Crippen LogP contribution in [0.3, 0.4) is 0 Å². The summed E-state index contributed by atoms with van der Waals surface area (Å²) in [5.41, 5.74) is 3.06. The number of thiazole rings is 1. The fraction of sp³-hybridized carbons (Fsp3) is 0.423. The summed E-state index contributed by atoms with van der Waals surface area (Å²) in [4.78, 5) is 52.5. The number of nitrogens with one attached hydrogen (secondary N) is 1. The van der Waals surface area contributed by atoms with E-state index in [0.29, 0.717) is 51.0 Å². The van der Waals surface area contributed by atoms with Crippen LogP contribution >= 0.6 is 11.3 Å². The van der Waals surface area contributed by atoms with Gasteiger partial charge in [-0.25, -0.2) is 14.8 Å². The molecule has 2 fully saturated rings. The average molecular weight is 492 g/mol. The second-order valence-electron chi connectivity index (χ2n) is 9.28. The van der Waals surface area contributed by atoms with Crippen molar-refractivity contribution in [3.63, 3.8) is 0 Å². The molecule has 2 aliphatic rings. The van der Waals surface area contributed by atoms with E-state index < -0.39 is 5.54 Å². The van der Waals surface area contributed by atoms with E-state index in [-0.39, 0.29) is 23.8 Å². The summed E-state index contributed by atoms with van der Waals surface area (Å²) >= 11 is 1.55. The van der Waals surface area contributed by atoms with E-state index in [9.17, 15) is 14.4 Å². The van der Waals surface area contributed by atoms with Gasteiger partial charge in [0.2, 0.25) is 0 Å². The summed E-state index contributed by atoms with van der Waals surface area (Å²) < 4.78 is 0. The largest absolute Gasteiger partial charge is 0.337 e. The van der Waals surface area contributed by atoms with Crippen molar-refractivity contribution in [3.05, 3.63) is 58.2 Å². The maximum absolute atomic E-state index is 13.5. The Bertz CT molecular complexity index is 1280. The van der Waals surface area contributed by atoms with Crippen LogP contribution in [0.1, 0.15) is 47.2 Å². The van der Waals surface area contributed by atoms with Gasteiger partial charge in [0.15, 0.2) is 0 Å². The first-order valence-corrected chi connectivity index (χ1v) is 13.0. The number of rotatable bonds is 6. The van der Waals surface area contributed by atoms with Crippen molar-refractivity contribution in [2.24, 2.45) is 5.92 Å². The third-order valence-electron chi connectivity index (χ3n) is 7.46. The second kappa shape index (κ2) is 9.37. The fourth-order valence-electron chi connectivity index (χ4n) is 5.35. The average Bonchev–Trinajstić information content (AvgIpc) is 3.41. The van der Waals surface area contributed by atoms with Crippen LogP contribution in [0.15, 0.2) is 41.9 Å². The normalized spacial score (nSPS) is 21.1. The maximum atomic E-state index is 13.5. The third kappa shape index (κ3) is 4.18. The van der Waals surface area contributed by atoms with E-state index in [2.05, 4.69) is 15.3 Å². The number of imide groups is 1. The number of fused-ring (bicyclic) bond motifs is 1. The molecule has 5 rings (SSSR count). The van der Waals surface area contributed by atoms with Gasteiger partial charge in [0, 0.05) is 36.3 Å². The lowest BCUT2D eigenvalue weighted by atomic mass is 9.75. The third-order valence-corrected chi connectivity index (χ3v) is 8.46. The first kappa shape index (κ1) is 23.4. The Hall–Kier alpha value is -3.33. The van der Waals surface area contributed by atoms with Crippen molar-refractivity contribution in [2.75, 3.05) is 19.6 Å². The smallest absolute Gasteiger partial charge is 0.325 e. The molecule has 3 aromatic rings. The molecule has 4 heterocycles. The zero-order valence-corrected chi connectivity index (χ0v) is 20.8. The molecule has 2 saturated heterocycles. The lowest BCUT2D eigenvalue weighted by Crippen LogP contribution is -2.56. The highest BCUT2D eigenvalue weighted by molar-refractivity contribution is 7.09. The highest BCUT2D eigenvalue weighted by Gasteiger charge is 2.54. The molecule has 0 radical (unpaired) electrons. The van der Waals surface area contributed by atoms with Crippen LogP contribution in [0.5, 0.6) is 0 Å². The van der Waals surface area contributed by atoms with E-state index in [1.54, 1.807) is 22.9 Å². The van der Waals surface area contributed by atoms with Gasteiger partial charge in [-0.2, -0.15) is 0 Å². The van der Waals surface area contributed by atoms with Gasteiger partial charge in [-0.1, -0.05) is 31.2 Å². The van der Waals surface area contributed by atoms with Crippen LogP contribution in [-0.2, 0) is 11.2 Å². The van der Waals surface area contributed by atoms with Gasteiger partial charge < -0.3 is 10.2 Å². The Morgan fingerprint density at radius 3 is 2.66 bits per heavy atom. The highest BCUT2D eigenvalue weighted by Crippen LogP contribution is 2.36. The van der Waals surface area contributed by atoms with Crippen molar-refractivity contribution in [2.45, 2.75) is 45.1 Å². The minimum atomic E-state index is -0.907. The molecular weight excluding hydrogens is 462 g/mol. The number of carbonyl (C=O) groups excluding carboxylic acids is 3. The Morgan fingerprint density at radius 2 is 1.94 bits per heavy atom. The number of aromatic nitrogens is 2. The number of urea groups is 1. The van der Waals surface area contributed by atoms with Crippen LogP contribution < -0.4 is 5.32 Å². The molecule has 0 saturated carbocycles. The molecule has 182 valence electrons. The number of nitrogens with zero attached hydrogens (tertiary/aromatic N) is 4. The first-order chi connectivity index (χ1) is 16.9. The molecule has 35 heavy (non-hydrogen) atoms. The number of aryl methyl sites for hydroxylation is 1. The Balaban J connectivity index is 1.25. The molecule has 4 amide bonds. The van der Waals surface area contributed by atoms with Crippen LogP contribution in [0.2, 0.25) is 0 Å². The van der Waals surface area contributed by atoms with E-state index in [1.807, 2.05) is 49.1 Å². The van der Waals surface area contributed by atoms with Gasteiger partial charge >= 0.3 is 6.03 Å². The molecule has 2 aromatic heterocycles. The quantitative estimate of drug-likeness (QED) is 0.529. The second-order valence-corrected chi connectivity index (χ2v) is 10.2. The summed E-state index contributed by atoms with van der Waals surface area (Å²) in [7, 11) is 0. The molecule has 0 spiro atoms. The molecular formula is C26H29N5O3S. The van der Waals surface area contributed by atoms with E-state index in [4.69, 9.17) is 0 Å². The summed E-state index contributed by atoms with van der Waals surface area (Å²) in [5, 5.41) is 4.03. The minimum absolute atomic E-state index is 0.0206. The summed E-state index contributed by atoms with van der Waals surface area (Å²) in [6.07, 6.45) is 2.45. The van der Waals surface area contributed by atoms with Crippen molar-refractivity contribution in [1.82, 2.24) is 25.1 Å². The molecule has 1 N–H and O–H groups in total. The van der Waals surface area contributed by atoms with Gasteiger partial charge in [0.05, 0.1) is 16.7 Å². The minimum Gasteiger partial charge on any atom is -0.337 e. The standard InChI is InChI=1S/C26H29N5O3S/c1-3-26(24(33)31(25(34)29-26)15-12-22-17(2)27-16-35-22)19-10-13-30(14-11-19)23(32)21-9-8-18-6-4-5-7-20(18)28-21/h4-9,16,19H,3,10-15H2,1-2H3,(H,29,34)/t26-/m0/s1. The van der Waals surface area contributed by atoms with Crippen LogP contribution in [0, 0.1) is 12.8 Å². The lowest BCUT2D eigenvalue weighted by molar-refractivity contribution is -0.134. The first-order valence-electron chi connectivity index (χ1n) is 12.1. The highest BCUT2D eigenvalue weighted by atomic mass is 32.1. The van der Waals surface area contributed by atoms with Gasteiger partial charge in [-0.05, 0) is 44.2 Å². The molecule has 8 nitrogen and oxygen atoms in total. The van der Waals surface area contributed by atoms with Crippen molar-refractivity contribution >= 4 is 40.1 Å². The number of amides is 4. The number of benzene rings is 1. The zero-order valence-electron chi connectivity index (χ0n) is 20.0. The van der Waals surface area contributed by atoms with Crippen LogP contribution in [0.4, 0.5) is 4.79 Å². The SMILES string of the molecule is CC[C@@]1(C2CCN(C(=O)c3ccc4ccccc4n3)CC2)NC(=O)N(CCc2scnc2C)C1=O. The van der Waals surface area contributed by atoms with E-state index >= 15 is 0 Å². The van der Waals surface area contributed by atoms with E-state index in [0.717, 1.165) is 21.5 Å². The number of carbonyl (C=O) groups is 3. The number of pyridine rings is 1. The Kier molecular flexibility index (Phi) is 6.27. The number of hydrogen-bond acceptors (Lipinski definition) is 6. The Morgan fingerprint density at radius 1 is 1.17 bits per heavy atom. The summed E-state index contributed by atoms with van der Waals surface area (Å²) in [6, 6.07) is 11.1. The molecule has 0 unspecified atom stereocenters. The predicted molar refractivity (Wildman–Crippen MR) is 134 cm³/mol. The lowest BCUT2D eigenvalue weighted by Gasteiger charge is -2.40. The van der Waals surface area contributed by atoms with Gasteiger partial charge in [-0.3, -0.25) is 14.5 Å². The predicted octanol–water partition coefficient (Wildman–Crippen LogP) is 3.80. The Labute approximate surface area is 208 Å². The maximum Gasteiger partial charge on any atom is 0.325 e. The molecule has 2 aliphatic heterocycles. The monoisotopic (exact) mass is 491 g/mol. The zero-order chi connectivity index (χ0) is 24.6.